The summed E-state index contributed by atoms with van der Waals surface area (Å²) in [5, 5.41) is 7.95. The number of hydrogen-bond acceptors (Lipinski definition) is 3. The lowest BCUT2D eigenvalue weighted by Crippen LogP contribution is -2.42. The minimum atomic E-state index is 0.815. The van der Waals surface area contributed by atoms with Crippen molar-refractivity contribution >= 4 is 0 Å². The zero-order valence-corrected chi connectivity index (χ0v) is 12.7. The fraction of sp³-hybridized carbons (Fsp3) is 0.812. The zero-order valence-electron chi connectivity index (χ0n) is 12.7. The predicted octanol–water partition coefficient (Wildman–Crippen LogP) is 1.90. The molecule has 3 rings (SSSR count). The third kappa shape index (κ3) is 3.83. The van der Waals surface area contributed by atoms with Gasteiger partial charge in [-0.05, 0) is 76.2 Å². The molecule has 2 saturated heterocycles. The molecule has 3 heterocycles. The molecule has 112 valence electrons. The number of aryl methyl sites for hydroxylation is 1. The topological polar surface area (TPSA) is 33.1 Å². The third-order valence-electron chi connectivity index (χ3n) is 4.83. The molecular formula is C16H28N4. The molecule has 1 aromatic rings. The Kier molecular flexibility index (Phi) is 4.73. The highest BCUT2D eigenvalue weighted by Gasteiger charge is 2.22. The van der Waals surface area contributed by atoms with Crippen molar-refractivity contribution in [3.63, 3.8) is 0 Å². The molecule has 0 aliphatic carbocycles. The van der Waals surface area contributed by atoms with Crippen LogP contribution in [0, 0.1) is 18.8 Å². The smallest absolute Gasteiger partial charge is 0.0518 e. The monoisotopic (exact) mass is 276 g/mol. The van der Waals surface area contributed by atoms with Gasteiger partial charge in [0.15, 0.2) is 0 Å². The lowest BCUT2D eigenvalue weighted by molar-refractivity contribution is 0.141. The van der Waals surface area contributed by atoms with E-state index in [9.17, 15) is 0 Å². The summed E-state index contributed by atoms with van der Waals surface area (Å²) in [6.45, 7) is 9.54. The van der Waals surface area contributed by atoms with Crippen LogP contribution in [0.25, 0.3) is 0 Å². The Hall–Kier alpha value is -0.870. The lowest BCUT2D eigenvalue weighted by atomic mass is 9.94. The first-order valence-electron chi connectivity index (χ1n) is 8.22. The Balaban J connectivity index is 1.40. The zero-order chi connectivity index (χ0) is 13.8. The van der Waals surface area contributed by atoms with E-state index in [0.717, 1.165) is 18.4 Å². The van der Waals surface area contributed by atoms with E-state index in [2.05, 4.69) is 33.1 Å². The molecule has 1 atom stereocenters. The van der Waals surface area contributed by atoms with Crippen molar-refractivity contribution in [2.24, 2.45) is 11.8 Å². The van der Waals surface area contributed by atoms with E-state index in [1.54, 1.807) is 0 Å². The van der Waals surface area contributed by atoms with Gasteiger partial charge in [0.25, 0.3) is 0 Å². The molecule has 0 saturated carbocycles. The molecule has 2 aliphatic heterocycles. The molecule has 2 aliphatic rings. The summed E-state index contributed by atoms with van der Waals surface area (Å²) in [4.78, 5) is 2.68. The maximum absolute atomic E-state index is 4.42. The molecule has 0 radical (unpaired) electrons. The second kappa shape index (κ2) is 6.72. The fourth-order valence-electron chi connectivity index (χ4n) is 3.63. The van der Waals surface area contributed by atoms with Crippen LogP contribution in [0.1, 0.15) is 31.2 Å². The second-order valence-corrected chi connectivity index (χ2v) is 6.70. The molecule has 4 nitrogen and oxygen atoms in total. The Bertz CT molecular complexity index is 400. The average Bonchev–Trinajstić information content (AvgIpc) is 2.88. The van der Waals surface area contributed by atoms with Gasteiger partial charge >= 0.3 is 0 Å². The highest BCUT2D eigenvalue weighted by Crippen LogP contribution is 2.21. The number of rotatable bonds is 4. The predicted molar refractivity (Wildman–Crippen MR) is 81.7 cm³/mol. The molecule has 20 heavy (non-hydrogen) atoms. The van der Waals surface area contributed by atoms with Crippen molar-refractivity contribution in [1.29, 1.82) is 0 Å². The van der Waals surface area contributed by atoms with Crippen LogP contribution in [-0.4, -0.2) is 47.4 Å². The van der Waals surface area contributed by atoms with Gasteiger partial charge in [0.05, 0.1) is 6.20 Å². The maximum Gasteiger partial charge on any atom is 0.0518 e. The summed E-state index contributed by atoms with van der Waals surface area (Å²) < 4.78 is 2.13. The van der Waals surface area contributed by atoms with Crippen molar-refractivity contribution in [1.82, 2.24) is 20.0 Å². The van der Waals surface area contributed by atoms with Gasteiger partial charge in [-0.2, -0.15) is 5.10 Å². The van der Waals surface area contributed by atoms with E-state index >= 15 is 0 Å². The van der Waals surface area contributed by atoms with Gasteiger partial charge in [0.2, 0.25) is 0 Å². The largest absolute Gasteiger partial charge is 0.316 e. The molecule has 4 heteroatoms. The number of nitrogens with zero attached hydrogens (tertiary/aromatic N) is 3. The van der Waals surface area contributed by atoms with E-state index in [0.29, 0.717) is 0 Å². The van der Waals surface area contributed by atoms with E-state index in [-0.39, 0.29) is 0 Å². The van der Waals surface area contributed by atoms with E-state index in [1.165, 1.54) is 64.0 Å². The normalized spacial score (nSPS) is 25.9. The number of nitrogens with one attached hydrogen (secondary N) is 1. The van der Waals surface area contributed by atoms with Gasteiger partial charge in [-0.1, -0.05) is 0 Å². The van der Waals surface area contributed by atoms with Crippen LogP contribution in [-0.2, 0) is 6.54 Å². The van der Waals surface area contributed by atoms with Gasteiger partial charge in [-0.25, -0.2) is 0 Å². The van der Waals surface area contributed by atoms with Crippen LogP contribution in [0.2, 0.25) is 0 Å². The summed E-state index contributed by atoms with van der Waals surface area (Å²) in [7, 11) is 0. The number of piperidine rings is 2. The summed E-state index contributed by atoms with van der Waals surface area (Å²) >= 11 is 0. The molecule has 0 spiro atoms. The Morgan fingerprint density at radius 2 is 2.05 bits per heavy atom. The number of likely N-dealkylation sites (tertiary alicyclic amines) is 1. The summed E-state index contributed by atoms with van der Waals surface area (Å²) in [6, 6.07) is 0. The van der Waals surface area contributed by atoms with E-state index in [4.69, 9.17) is 0 Å². The lowest BCUT2D eigenvalue weighted by Gasteiger charge is -2.35. The van der Waals surface area contributed by atoms with E-state index in [1.807, 2.05) is 6.20 Å². The molecule has 0 aromatic carbocycles. The van der Waals surface area contributed by atoms with Gasteiger partial charge < -0.3 is 10.2 Å². The van der Waals surface area contributed by atoms with Gasteiger partial charge in [-0.3, -0.25) is 4.68 Å². The minimum absolute atomic E-state index is 0.815. The van der Waals surface area contributed by atoms with E-state index < -0.39 is 0 Å². The fourth-order valence-corrected chi connectivity index (χ4v) is 3.63. The van der Waals surface area contributed by atoms with Crippen LogP contribution in [0.3, 0.4) is 0 Å². The van der Waals surface area contributed by atoms with Gasteiger partial charge in [0, 0.05) is 19.3 Å². The third-order valence-corrected chi connectivity index (χ3v) is 4.83. The molecule has 1 unspecified atom stereocenters. The van der Waals surface area contributed by atoms with Crippen LogP contribution >= 0.6 is 0 Å². The molecule has 0 amide bonds. The Labute approximate surface area is 122 Å². The van der Waals surface area contributed by atoms with Crippen molar-refractivity contribution in [2.75, 3.05) is 32.7 Å². The first-order chi connectivity index (χ1) is 9.79. The van der Waals surface area contributed by atoms with Crippen molar-refractivity contribution in [2.45, 2.75) is 39.2 Å². The van der Waals surface area contributed by atoms with Crippen molar-refractivity contribution in [3.8, 4) is 0 Å². The molecule has 1 N–H and O–H groups in total. The molecule has 1 aromatic heterocycles. The summed E-state index contributed by atoms with van der Waals surface area (Å²) in [5.74, 6) is 1.70. The summed E-state index contributed by atoms with van der Waals surface area (Å²) in [5.41, 5.74) is 1.27. The highest BCUT2D eigenvalue weighted by molar-refractivity contribution is 4.99. The molecule has 2 fully saturated rings. The SMILES string of the molecule is Cc1cnn(CC2CCN(CC3CCCNC3)CC2)c1. The molecule has 0 bridgehead atoms. The van der Waals surface area contributed by atoms with Gasteiger partial charge in [-0.15, -0.1) is 0 Å². The molecular weight excluding hydrogens is 248 g/mol. The Morgan fingerprint density at radius 3 is 2.70 bits per heavy atom. The highest BCUT2D eigenvalue weighted by atomic mass is 15.3. The second-order valence-electron chi connectivity index (χ2n) is 6.70. The van der Waals surface area contributed by atoms with Crippen LogP contribution < -0.4 is 5.32 Å². The average molecular weight is 276 g/mol. The Morgan fingerprint density at radius 1 is 1.20 bits per heavy atom. The summed E-state index contributed by atoms with van der Waals surface area (Å²) in [6.07, 6.45) is 9.57. The van der Waals surface area contributed by atoms with Crippen molar-refractivity contribution in [3.05, 3.63) is 18.0 Å². The maximum atomic E-state index is 4.42. The first kappa shape index (κ1) is 14.1. The van der Waals surface area contributed by atoms with Gasteiger partial charge in [0.1, 0.15) is 0 Å². The number of hydrogen-bond donors (Lipinski definition) is 1. The van der Waals surface area contributed by atoms with Crippen LogP contribution in [0.15, 0.2) is 12.4 Å². The standard InChI is InChI=1S/C16H28N4/c1-14-9-18-20(11-14)13-15-4-7-19(8-5-15)12-16-3-2-6-17-10-16/h9,11,15-17H,2-8,10,12-13H2,1H3. The van der Waals surface area contributed by atoms with Crippen LogP contribution in [0.5, 0.6) is 0 Å². The van der Waals surface area contributed by atoms with Crippen molar-refractivity contribution < 1.29 is 0 Å². The van der Waals surface area contributed by atoms with Crippen LogP contribution in [0.4, 0.5) is 0 Å². The first-order valence-corrected chi connectivity index (χ1v) is 8.22. The minimum Gasteiger partial charge on any atom is -0.316 e. The quantitative estimate of drug-likeness (QED) is 0.912. The number of aromatic nitrogens is 2.